The SMILES string of the molecule is CN1c2c(cc(OCc3ccccn3)cc2C(F)(F)F)C2CNCCC21. The van der Waals surface area contributed by atoms with Crippen LogP contribution in [0.3, 0.4) is 0 Å². The first kappa shape index (κ1) is 17.1. The summed E-state index contributed by atoms with van der Waals surface area (Å²) in [6, 6.07) is 8.37. The second kappa shape index (κ2) is 6.46. The molecule has 0 spiro atoms. The number of hydrogen-bond donors (Lipinski definition) is 1. The van der Waals surface area contributed by atoms with E-state index in [-0.39, 0.29) is 24.3 Å². The molecule has 1 aromatic heterocycles. The van der Waals surface area contributed by atoms with Gasteiger partial charge in [0.05, 0.1) is 16.9 Å². The Labute approximate surface area is 150 Å². The highest BCUT2D eigenvalue weighted by molar-refractivity contribution is 5.69. The Hall–Kier alpha value is -2.28. The minimum Gasteiger partial charge on any atom is -0.487 e. The number of alkyl halides is 3. The maximum absolute atomic E-state index is 13.7. The molecule has 1 N–H and O–H groups in total. The predicted molar refractivity (Wildman–Crippen MR) is 92.4 cm³/mol. The molecule has 0 saturated carbocycles. The van der Waals surface area contributed by atoms with Gasteiger partial charge in [-0.05, 0) is 42.8 Å². The third-order valence-electron chi connectivity index (χ3n) is 5.23. The van der Waals surface area contributed by atoms with Crippen molar-refractivity contribution in [2.75, 3.05) is 25.0 Å². The first-order valence-electron chi connectivity index (χ1n) is 8.66. The van der Waals surface area contributed by atoms with Crippen molar-refractivity contribution in [2.24, 2.45) is 0 Å². The first-order chi connectivity index (χ1) is 12.4. The summed E-state index contributed by atoms with van der Waals surface area (Å²) in [5.41, 5.74) is 1.07. The smallest absolute Gasteiger partial charge is 0.418 e. The van der Waals surface area contributed by atoms with E-state index in [0.717, 1.165) is 24.6 Å². The number of piperidine rings is 1. The van der Waals surface area contributed by atoms with Crippen LogP contribution >= 0.6 is 0 Å². The van der Waals surface area contributed by atoms with Gasteiger partial charge in [-0.15, -0.1) is 0 Å². The highest BCUT2D eigenvalue weighted by atomic mass is 19.4. The van der Waals surface area contributed by atoms with Crippen LogP contribution in [0.15, 0.2) is 36.5 Å². The van der Waals surface area contributed by atoms with Crippen molar-refractivity contribution in [3.8, 4) is 5.75 Å². The van der Waals surface area contributed by atoms with Crippen molar-refractivity contribution >= 4 is 5.69 Å². The number of pyridine rings is 1. The number of benzene rings is 1. The van der Waals surface area contributed by atoms with Crippen molar-refractivity contribution in [1.29, 1.82) is 0 Å². The number of hydrogen-bond acceptors (Lipinski definition) is 4. The van der Waals surface area contributed by atoms with Crippen LogP contribution in [0, 0.1) is 0 Å². The Morgan fingerprint density at radius 2 is 2.15 bits per heavy atom. The molecule has 1 saturated heterocycles. The zero-order valence-electron chi connectivity index (χ0n) is 14.4. The van der Waals surface area contributed by atoms with Gasteiger partial charge in [0.2, 0.25) is 0 Å². The van der Waals surface area contributed by atoms with Gasteiger partial charge in [0, 0.05) is 31.7 Å². The van der Waals surface area contributed by atoms with Crippen molar-refractivity contribution in [2.45, 2.75) is 31.2 Å². The molecule has 7 heteroatoms. The second-order valence-corrected chi connectivity index (χ2v) is 6.79. The van der Waals surface area contributed by atoms with Gasteiger partial charge in [-0.25, -0.2) is 0 Å². The average molecular weight is 363 g/mol. The summed E-state index contributed by atoms with van der Waals surface area (Å²) in [5, 5.41) is 3.29. The van der Waals surface area contributed by atoms with Crippen LogP contribution in [0.2, 0.25) is 0 Å². The van der Waals surface area contributed by atoms with Gasteiger partial charge >= 0.3 is 6.18 Å². The predicted octanol–water partition coefficient (Wildman–Crippen LogP) is 3.57. The minimum absolute atomic E-state index is 0.0447. The number of anilines is 1. The van der Waals surface area contributed by atoms with E-state index >= 15 is 0 Å². The summed E-state index contributed by atoms with van der Waals surface area (Å²) in [6.45, 7) is 1.64. The minimum atomic E-state index is -4.43. The summed E-state index contributed by atoms with van der Waals surface area (Å²) in [4.78, 5) is 5.95. The van der Waals surface area contributed by atoms with E-state index in [1.165, 1.54) is 0 Å². The Morgan fingerprint density at radius 1 is 1.31 bits per heavy atom. The molecule has 2 aliphatic rings. The number of halogens is 3. The lowest BCUT2D eigenvalue weighted by Gasteiger charge is -2.31. The van der Waals surface area contributed by atoms with E-state index < -0.39 is 11.7 Å². The highest BCUT2D eigenvalue weighted by Crippen LogP contribution is 2.50. The average Bonchev–Trinajstić information content (AvgIpc) is 2.92. The topological polar surface area (TPSA) is 37.4 Å². The summed E-state index contributed by atoms with van der Waals surface area (Å²) in [5.74, 6) is 0.282. The molecule has 0 radical (unpaired) electrons. The molecular weight excluding hydrogens is 343 g/mol. The van der Waals surface area contributed by atoms with Gasteiger partial charge in [0.1, 0.15) is 12.4 Å². The van der Waals surface area contributed by atoms with Crippen molar-refractivity contribution in [3.05, 3.63) is 53.3 Å². The van der Waals surface area contributed by atoms with Gasteiger partial charge in [0.25, 0.3) is 0 Å². The first-order valence-corrected chi connectivity index (χ1v) is 8.66. The van der Waals surface area contributed by atoms with E-state index in [4.69, 9.17) is 4.74 Å². The largest absolute Gasteiger partial charge is 0.487 e. The molecule has 2 aromatic rings. The molecule has 138 valence electrons. The zero-order valence-corrected chi connectivity index (χ0v) is 14.4. The van der Waals surface area contributed by atoms with Gasteiger partial charge in [0.15, 0.2) is 0 Å². The van der Waals surface area contributed by atoms with E-state index in [1.807, 2.05) is 6.07 Å². The molecule has 0 aliphatic carbocycles. The molecular formula is C19H20F3N3O. The van der Waals surface area contributed by atoms with Gasteiger partial charge < -0.3 is 15.0 Å². The number of nitrogens with one attached hydrogen (secondary N) is 1. The van der Waals surface area contributed by atoms with Crippen LogP contribution in [0.4, 0.5) is 18.9 Å². The fourth-order valence-electron chi connectivity index (χ4n) is 4.04. The Bertz CT molecular complexity index is 795. The molecule has 2 unspecified atom stereocenters. The van der Waals surface area contributed by atoms with Crippen LogP contribution < -0.4 is 15.0 Å². The van der Waals surface area contributed by atoms with Crippen LogP contribution in [-0.4, -0.2) is 31.2 Å². The monoisotopic (exact) mass is 363 g/mol. The molecule has 4 rings (SSSR count). The standard InChI is InChI=1S/C19H20F3N3O/c1-25-17-5-7-23-10-15(17)14-8-13(9-16(18(14)25)19(20,21)22)26-11-12-4-2-3-6-24-12/h2-4,6,8-9,15,17,23H,5,7,10-11H2,1H3. The van der Waals surface area contributed by atoms with Crippen molar-refractivity contribution in [1.82, 2.24) is 10.3 Å². The number of nitrogens with zero attached hydrogens (tertiary/aromatic N) is 2. The molecule has 3 heterocycles. The fourth-order valence-corrected chi connectivity index (χ4v) is 4.04. The summed E-state index contributed by atoms with van der Waals surface area (Å²) >= 11 is 0. The van der Waals surface area contributed by atoms with E-state index in [0.29, 0.717) is 17.9 Å². The molecule has 2 atom stereocenters. The van der Waals surface area contributed by atoms with Gasteiger partial charge in [-0.1, -0.05) is 6.07 Å². The Balaban J connectivity index is 1.71. The highest BCUT2D eigenvalue weighted by Gasteiger charge is 2.45. The van der Waals surface area contributed by atoms with Crippen molar-refractivity contribution in [3.63, 3.8) is 0 Å². The molecule has 0 amide bonds. The number of rotatable bonds is 3. The van der Waals surface area contributed by atoms with Gasteiger partial charge in [-0.3, -0.25) is 4.98 Å². The number of ether oxygens (including phenoxy) is 1. The number of fused-ring (bicyclic) bond motifs is 3. The van der Waals surface area contributed by atoms with E-state index in [1.54, 1.807) is 36.3 Å². The summed E-state index contributed by atoms with van der Waals surface area (Å²) in [6.07, 6.45) is -1.96. The molecule has 4 nitrogen and oxygen atoms in total. The summed E-state index contributed by atoms with van der Waals surface area (Å²) < 4.78 is 46.8. The van der Waals surface area contributed by atoms with Crippen LogP contribution in [0.25, 0.3) is 0 Å². The molecule has 2 aliphatic heterocycles. The number of likely N-dealkylation sites (N-methyl/N-ethyl adjacent to an activating group) is 1. The van der Waals surface area contributed by atoms with Crippen LogP contribution in [0.5, 0.6) is 5.75 Å². The normalized spacial score (nSPS) is 22.1. The third kappa shape index (κ3) is 3.00. The van der Waals surface area contributed by atoms with E-state index in [9.17, 15) is 13.2 Å². The summed E-state index contributed by atoms with van der Waals surface area (Å²) in [7, 11) is 1.76. The Kier molecular flexibility index (Phi) is 4.26. The quantitative estimate of drug-likeness (QED) is 0.905. The Morgan fingerprint density at radius 3 is 2.88 bits per heavy atom. The molecule has 1 fully saturated rings. The fraction of sp³-hybridized carbons (Fsp3) is 0.421. The molecule has 0 bridgehead atoms. The lowest BCUT2D eigenvalue weighted by Crippen LogP contribution is -2.42. The molecule has 1 aromatic carbocycles. The van der Waals surface area contributed by atoms with Crippen LogP contribution in [0.1, 0.15) is 29.2 Å². The lowest BCUT2D eigenvalue weighted by atomic mass is 9.89. The molecule has 26 heavy (non-hydrogen) atoms. The van der Waals surface area contributed by atoms with Crippen LogP contribution in [-0.2, 0) is 12.8 Å². The van der Waals surface area contributed by atoms with Gasteiger partial charge in [-0.2, -0.15) is 13.2 Å². The van der Waals surface area contributed by atoms with E-state index in [2.05, 4.69) is 10.3 Å². The maximum Gasteiger partial charge on any atom is 0.418 e. The number of aromatic nitrogens is 1. The zero-order chi connectivity index (χ0) is 18.3. The lowest BCUT2D eigenvalue weighted by molar-refractivity contribution is -0.137. The third-order valence-corrected chi connectivity index (χ3v) is 5.23. The van der Waals surface area contributed by atoms with Crippen molar-refractivity contribution < 1.29 is 17.9 Å². The maximum atomic E-state index is 13.7. The second-order valence-electron chi connectivity index (χ2n) is 6.79.